The number of piperidine rings is 1. The molecule has 0 bridgehead atoms. The van der Waals surface area contributed by atoms with Crippen molar-refractivity contribution in [2.24, 2.45) is 0 Å². The van der Waals surface area contributed by atoms with Gasteiger partial charge in [0.2, 0.25) is 5.79 Å². The van der Waals surface area contributed by atoms with Crippen molar-refractivity contribution in [3.63, 3.8) is 0 Å². The highest BCUT2D eigenvalue weighted by molar-refractivity contribution is 4.91. The zero-order valence-electron chi connectivity index (χ0n) is 7.63. The highest BCUT2D eigenvalue weighted by Gasteiger charge is 2.54. The van der Waals surface area contributed by atoms with Gasteiger partial charge in [-0.05, 0) is 13.0 Å². The van der Waals surface area contributed by atoms with Gasteiger partial charge >= 0.3 is 5.92 Å². The monoisotopic (exact) mass is 195 g/mol. The molecule has 0 aromatic carbocycles. The zero-order valence-corrected chi connectivity index (χ0v) is 7.63. The van der Waals surface area contributed by atoms with Crippen LogP contribution >= 0.6 is 0 Å². The van der Waals surface area contributed by atoms with Crippen molar-refractivity contribution in [3.8, 4) is 0 Å². The molecule has 5 heteroatoms. The Kier molecular flexibility index (Phi) is 2.89. The van der Waals surface area contributed by atoms with Crippen LogP contribution in [-0.2, 0) is 0 Å². The van der Waals surface area contributed by atoms with Crippen LogP contribution in [0.3, 0.4) is 0 Å². The standard InChI is InChI=1S/C8H15F2NO2/c1-2-4-11-5-3-8(12,13)7(9,10)6-11/h12-13H,2-6H2,1H3. The fraction of sp³-hybridized carbons (Fsp3) is 1.00. The highest BCUT2D eigenvalue weighted by atomic mass is 19.3. The van der Waals surface area contributed by atoms with Gasteiger partial charge in [-0.15, -0.1) is 0 Å². The number of nitrogens with zero attached hydrogens (tertiary/aromatic N) is 1. The van der Waals surface area contributed by atoms with Gasteiger partial charge in [0.05, 0.1) is 6.54 Å². The van der Waals surface area contributed by atoms with Gasteiger partial charge in [-0.2, -0.15) is 8.78 Å². The van der Waals surface area contributed by atoms with Crippen LogP contribution in [0.4, 0.5) is 8.78 Å². The van der Waals surface area contributed by atoms with Gasteiger partial charge in [-0.25, -0.2) is 0 Å². The molecule has 0 amide bonds. The van der Waals surface area contributed by atoms with E-state index in [1.807, 2.05) is 6.92 Å². The third-order valence-corrected chi connectivity index (χ3v) is 2.32. The molecule has 78 valence electrons. The predicted octanol–water partition coefficient (Wildman–Crippen LogP) is 0.418. The van der Waals surface area contributed by atoms with E-state index in [0.717, 1.165) is 6.42 Å². The molecule has 0 radical (unpaired) electrons. The Bertz CT molecular complexity index is 185. The maximum Gasteiger partial charge on any atom is 0.312 e. The van der Waals surface area contributed by atoms with E-state index in [2.05, 4.69) is 0 Å². The molecule has 1 rings (SSSR count). The lowest BCUT2D eigenvalue weighted by atomic mass is 9.99. The Morgan fingerprint density at radius 1 is 1.38 bits per heavy atom. The molecule has 2 N–H and O–H groups in total. The Morgan fingerprint density at radius 3 is 2.46 bits per heavy atom. The molecule has 1 aliphatic heterocycles. The summed E-state index contributed by atoms with van der Waals surface area (Å²) in [5.74, 6) is -6.24. The topological polar surface area (TPSA) is 43.7 Å². The van der Waals surface area contributed by atoms with E-state index in [1.165, 1.54) is 0 Å². The van der Waals surface area contributed by atoms with E-state index in [1.54, 1.807) is 4.90 Å². The van der Waals surface area contributed by atoms with E-state index >= 15 is 0 Å². The van der Waals surface area contributed by atoms with Crippen molar-refractivity contribution in [2.75, 3.05) is 19.6 Å². The molecule has 0 unspecified atom stereocenters. The second-order valence-electron chi connectivity index (χ2n) is 3.55. The molecule has 0 aromatic rings. The third kappa shape index (κ3) is 2.15. The van der Waals surface area contributed by atoms with Crippen LogP contribution in [0.15, 0.2) is 0 Å². The Labute approximate surface area is 76.0 Å². The van der Waals surface area contributed by atoms with Gasteiger partial charge in [0.15, 0.2) is 0 Å². The molecule has 0 aliphatic carbocycles. The first kappa shape index (κ1) is 10.8. The number of hydrogen-bond acceptors (Lipinski definition) is 3. The van der Waals surface area contributed by atoms with Crippen molar-refractivity contribution in [1.29, 1.82) is 0 Å². The molecular weight excluding hydrogens is 180 g/mol. The molecule has 0 aromatic heterocycles. The van der Waals surface area contributed by atoms with E-state index in [4.69, 9.17) is 10.2 Å². The molecule has 13 heavy (non-hydrogen) atoms. The summed E-state index contributed by atoms with van der Waals surface area (Å²) in [6, 6.07) is 0. The van der Waals surface area contributed by atoms with Crippen LogP contribution in [-0.4, -0.2) is 46.5 Å². The second-order valence-corrected chi connectivity index (χ2v) is 3.55. The van der Waals surface area contributed by atoms with E-state index < -0.39 is 18.3 Å². The van der Waals surface area contributed by atoms with Crippen LogP contribution in [0.5, 0.6) is 0 Å². The summed E-state index contributed by atoms with van der Waals surface area (Å²) in [6.07, 6.45) is 0.500. The zero-order chi connectivity index (χ0) is 10.1. The lowest BCUT2D eigenvalue weighted by molar-refractivity contribution is -0.317. The number of aliphatic hydroxyl groups is 2. The minimum Gasteiger partial charge on any atom is -0.361 e. The van der Waals surface area contributed by atoms with Gasteiger partial charge in [-0.1, -0.05) is 6.92 Å². The summed E-state index contributed by atoms with van der Waals surface area (Å²) in [7, 11) is 0. The maximum atomic E-state index is 13.0. The lowest BCUT2D eigenvalue weighted by Crippen LogP contribution is -2.60. The van der Waals surface area contributed by atoms with Gasteiger partial charge in [0, 0.05) is 13.0 Å². The quantitative estimate of drug-likeness (QED) is 0.627. The first-order valence-electron chi connectivity index (χ1n) is 4.44. The SMILES string of the molecule is CCCN1CCC(O)(O)C(F)(F)C1. The highest BCUT2D eigenvalue weighted by Crippen LogP contribution is 2.34. The van der Waals surface area contributed by atoms with Crippen LogP contribution in [0.1, 0.15) is 19.8 Å². The Morgan fingerprint density at radius 2 is 2.00 bits per heavy atom. The molecular formula is C8H15F2NO2. The molecule has 1 aliphatic rings. The van der Waals surface area contributed by atoms with Crippen molar-refractivity contribution in [3.05, 3.63) is 0 Å². The molecule has 1 heterocycles. The number of likely N-dealkylation sites (tertiary alicyclic amines) is 1. The first-order valence-corrected chi connectivity index (χ1v) is 4.44. The van der Waals surface area contributed by atoms with Crippen molar-refractivity contribution >= 4 is 0 Å². The van der Waals surface area contributed by atoms with Crippen LogP contribution in [0, 0.1) is 0 Å². The molecule has 0 atom stereocenters. The molecule has 0 spiro atoms. The number of hydrogen-bond donors (Lipinski definition) is 2. The minimum atomic E-state index is -3.42. The first-order chi connectivity index (χ1) is 5.89. The predicted molar refractivity (Wildman–Crippen MR) is 43.5 cm³/mol. The smallest absolute Gasteiger partial charge is 0.312 e. The maximum absolute atomic E-state index is 13.0. The van der Waals surface area contributed by atoms with Crippen LogP contribution in [0.2, 0.25) is 0 Å². The number of alkyl halides is 2. The number of rotatable bonds is 2. The molecule has 0 saturated carbocycles. The fourth-order valence-corrected chi connectivity index (χ4v) is 1.49. The van der Waals surface area contributed by atoms with E-state index in [0.29, 0.717) is 13.1 Å². The summed E-state index contributed by atoms with van der Waals surface area (Å²) in [5.41, 5.74) is 0. The normalized spacial score (nSPS) is 27.5. The molecule has 1 saturated heterocycles. The fourth-order valence-electron chi connectivity index (χ4n) is 1.49. The van der Waals surface area contributed by atoms with Crippen LogP contribution in [0.25, 0.3) is 0 Å². The summed E-state index contributed by atoms with van der Waals surface area (Å²) in [6.45, 7) is 2.23. The Hall–Kier alpha value is -0.260. The average Bonchev–Trinajstić information content (AvgIpc) is 1.98. The molecule has 3 nitrogen and oxygen atoms in total. The van der Waals surface area contributed by atoms with Crippen molar-refractivity contribution in [2.45, 2.75) is 31.5 Å². The minimum absolute atomic E-state index is 0.292. The average molecular weight is 195 g/mol. The Balaban J connectivity index is 2.59. The summed E-state index contributed by atoms with van der Waals surface area (Å²) < 4.78 is 26.0. The van der Waals surface area contributed by atoms with Crippen LogP contribution < -0.4 is 0 Å². The van der Waals surface area contributed by atoms with Gasteiger partial charge < -0.3 is 10.2 Å². The summed E-state index contributed by atoms with van der Waals surface area (Å²) >= 11 is 0. The van der Waals surface area contributed by atoms with Crippen molar-refractivity contribution < 1.29 is 19.0 Å². The molecule has 1 fully saturated rings. The largest absolute Gasteiger partial charge is 0.361 e. The second kappa shape index (κ2) is 3.48. The summed E-state index contributed by atoms with van der Waals surface area (Å²) in [5, 5.41) is 17.9. The van der Waals surface area contributed by atoms with E-state index in [9.17, 15) is 8.78 Å². The van der Waals surface area contributed by atoms with Crippen molar-refractivity contribution in [1.82, 2.24) is 4.90 Å². The lowest BCUT2D eigenvalue weighted by Gasteiger charge is -2.40. The summed E-state index contributed by atoms with van der Waals surface area (Å²) in [4.78, 5) is 1.55. The van der Waals surface area contributed by atoms with Gasteiger partial charge in [0.25, 0.3) is 0 Å². The van der Waals surface area contributed by atoms with Gasteiger partial charge in [-0.3, -0.25) is 4.90 Å². The van der Waals surface area contributed by atoms with E-state index in [-0.39, 0.29) is 6.42 Å². The van der Waals surface area contributed by atoms with Gasteiger partial charge in [0.1, 0.15) is 0 Å². The third-order valence-electron chi connectivity index (χ3n) is 2.32. The number of halogens is 2.